The van der Waals surface area contributed by atoms with E-state index in [-0.39, 0.29) is 17.6 Å². The van der Waals surface area contributed by atoms with Crippen molar-refractivity contribution >= 4 is 11.8 Å². The third-order valence-corrected chi connectivity index (χ3v) is 4.64. The molecule has 1 aromatic carbocycles. The van der Waals surface area contributed by atoms with Crippen LogP contribution in [-0.2, 0) is 4.79 Å². The zero-order chi connectivity index (χ0) is 18.2. The minimum atomic E-state index is -0.361. The smallest absolute Gasteiger partial charge is 0.253 e. The van der Waals surface area contributed by atoms with E-state index in [1.807, 2.05) is 11.8 Å². The van der Waals surface area contributed by atoms with Gasteiger partial charge in [-0.15, -0.1) is 0 Å². The van der Waals surface area contributed by atoms with E-state index in [0.717, 1.165) is 39.1 Å². The normalized spacial score (nSPS) is 15.2. The summed E-state index contributed by atoms with van der Waals surface area (Å²) in [6.45, 7) is 9.46. The minimum Gasteiger partial charge on any atom is -0.340 e. The first-order valence-electron chi connectivity index (χ1n) is 9.10. The maximum atomic E-state index is 13.0. The predicted molar refractivity (Wildman–Crippen MR) is 95.9 cm³/mol. The number of hydrogen-bond donors (Lipinski definition) is 0. The Balaban J connectivity index is 1.89. The van der Waals surface area contributed by atoms with Crippen LogP contribution >= 0.6 is 0 Å². The van der Waals surface area contributed by atoms with Gasteiger partial charge in [-0.3, -0.25) is 9.59 Å². The summed E-state index contributed by atoms with van der Waals surface area (Å²) in [5, 5.41) is 0. The Bertz CT molecular complexity index is 569. The average Bonchev–Trinajstić information content (AvgIpc) is 2.65. The molecule has 1 aromatic rings. The quantitative estimate of drug-likeness (QED) is 0.758. The Morgan fingerprint density at radius 1 is 1.04 bits per heavy atom. The lowest BCUT2D eigenvalue weighted by Crippen LogP contribution is -2.49. The second kappa shape index (κ2) is 9.51. The van der Waals surface area contributed by atoms with Gasteiger partial charge in [0.15, 0.2) is 0 Å². The molecule has 138 valence electrons. The van der Waals surface area contributed by atoms with Crippen LogP contribution in [0.3, 0.4) is 0 Å². The standard InChI is InChI=1S/C19H28FN3O2/c1-3-10-23(19(25)16-5-7-17(20)8-6-16)11-9-18(24)22-14-12-21(4-2)13-15-22/h5-8H,3-4,9-15H2,1-2H3. The summed E-state index contributed by atoms with van der Waals surface area (Å²) < 4.78 is 13.0. The van der Waals surface area contributed by atoms with E-state index in [2.05, 4.69) is 11.8 Å². The fourth-order valence-corrected chi connectivity index (χ4v) is 3.06. The first-order chi connectivity index (χ1) is 12.0. The summed E-state index contributed by atoms with van der Waals surface area (Å²) >= 11 is 0. The highest BCUT2D eigenvalue weighted by Crippen LogP contribution is 2.10. The van der Waals surface area contributed by atoms with Crippen molar-refractivity contribution in [2.24, 2.45) is 0 Å². The van der Waals surface area contributed by atoms with Gasteiger partial charge in [0, 0.05) is 51.3 Å². The summed E-state index contributed by atoms with van der Waals surface area (Å²) in [5.74, 6) is -0.408. The number of likely N-dealkylation sites (N-methyl/N-ethyl adjacent to an activating group) is 1. The molecule has 1 aliphatic rings. The van der Waals surface area contributed by atoms with Gasteiger partial charge in [-0.25, -0.2) is 4.39 Å². The summed E-state index contributed by atoms with van der Waals surface area (Å²) in [7, 11) is 0. The first kappa shape index (κ1) is 19.4. The van der Waals surface area contributed by atoms with Crippen molar-refractivity contribution in [2.45, 2.75) is 26.7 Å². The van der Waals surface area contributed by atoms with Crippen molar-refractivity contribution in [1.29, 1.82) is 0 Å². The van der Waals surface area contributed by atoms with Gasteiger partial charge in [0.25, 0.3) is 5.91 Å². The molecule has 0 atom stereocenters. The third-order valence-electron chi connectivity index (χ3n) is 4.64. The van der Waals surface area contributed by atoms with Crippen LogP contribution in [0.2, 0.25) is 0 Å². The van der Waals surface area contributed by atoms with Crippen molar-refractivity contribution in [3.8, 4) is 0 Å². The Morgan fingerprint density at radius 3 is 2.24 bits per heavy atom. The number of piperazine rings is 1. The highest BCUT2D eigenvalue weighted by molar-refractivity contribution is 5.94. The molecule has 0 bridgehead atoms. The number of carbonyl (C=O) groups excluding carboxylic acids is 2. The highest BCUT2D eigenvalue weighted by atomic mass is 19.1. The predicted octanol–water partition coefficient (Wildman–Crippen LogP) is 2.23. The second-order valence-corrected chi connectivity index (χ2v) is 6.36. The fraction of sp³-hybridized carbons (Fsp3) is 0.579. The van der Waals surface area contributed by atoms with Gasteiger partial charge in [0.1, 0.15) is 5.82 Å². The summed E-state index contributed by atoms with van der Waals surface area (Å²) in [4.78, 5) is 30.9. The van der Waals surface area contributed by atoms with Crippen LogP contribution in [0.1, 0.15) is 37.0 Å². The number of nitrogens with zero attached hydrogens (tertiary/aromatic N) is 3. The summed E-state index contributed by atoms with van der Waals surface area (Å²) in [5.41, 5.74) is 0.457. The van der Waals surface area contributed by atoms with Crippen LogP contribution in [0.4, 0.5) is 4.39 Å². The van der Waals surface area contributed by atoms with Crippen LogP contribution in [0.25, 0.3) is 0 Å². The second-order valence-electron chi connectivity index (χ2n) is 6.36. The Kier molecular flexibility index (Phi) is 7.37. The SMILES string of the molecule is CCCN(CCC(=O)N1CCN(CC)CC1)C(=O)c1ccc(F)cc1. The molecule has 1 saturated heterocycles. The van der Waals surface area contributed by atoms with Crippen LogP contribution in [0.15, 0.2) is 24.3 Å². The van der Waals surface area contributed by atoms with Gasteiger partial charge >= 0.3 is 0 Å². The third kappa shape index (κ3) is 5.53. The largest absolute Gasteiger partial charge is 0.340 e. The van der Waals surface area contributed by atoms with Crippen LogP contribution in [0, 0.1) is 5.82 Å². The molecule has 0 radical (unpaired) electrons. The first-order valence-corrected chi connectivity index (χ1v) is 9.10. The van der Waals surface area contributed by atoms with Crippen molar-refractivity contribution in [2.75, 3.05) is 45.8 Å². The van der Waals surface area contributed by atoms with Gasteiger partial charge in [0.2, 0.25) is 5.91 Å². The molecule has 0 aliphatic carbocycles. The molecule has 1 aliphatic heterocycles. The van der Waals surface area contributed by atoms with Gasteiger partial charge in [0.05, 0.1) is 0 Å². The van der Waals surface area contributed by atoms with E-state index in [9.17, 15) is 14.0 Å². The lowest BCUT2D eigenvalue weighted by Gasteiger charge is -2.34. The van der Waals surface area contributed by atoms with Gasteiger partial charge in [-0.1, -0.05) is 13.8 Å². The van der Waals surface area contributed by atoms with Crippen molar-refractivity contribution in [3.05, 3.63) is 35.6 Å². The summed E-state index contributed by atoms with van der Waals surface area (Å²) in [6, 6.07) is 5.56. The Hall–Kier alpha value is -1.95. The molecule has 1 fully saturated rings. The molecule has 0 N–H and O–H groups in total. The monoisotopic (exact) mass is 349 g/mol. The number of rotatable bonds is 7. The van der Waals surface area contributed by atoms with E-state index >= 15 is 0 Å². The number of carbonyl (C=O) groups is 2. The topological polar surface area (TPSA) is 43.9 Å². The molecule has 0 aromatic heterocycles. The Morgan fingerprint density at radius 2 is 1.68 bits per heavy atom. The molecule has 1 heterocycles. The van der Waals surface area contributed by atoms with E-state index in [4.69, 9.17) is 0 Å². The highest BCUT2D eigenvalue weighted by Gasteiger charge is 2.22. The van der Waals surface area contributed by atoms with E-state index in [1.165, 1.54) is 24.3 Å². The molecule has 0 saturated carbocycles. The van der Waals surface area contributed by atoms with Gasteiger partial charge in [-0.2, -0.15) is 0 Å². The molecule has 2 rings (SSSR count). The van der Waals surface area contributed by atoms with Crippen LogP contribution in [-0.4, -0.2) is 72.3 Å². The minimum absolute atomic E-state index is 0.101. The molecule has 6 heteroatoms. The van der Waals surface area contributed by atoms with Crippen molar-refractivity contribution in [1.82, 2.24) is 14.7 Å². The van der Waals surface area contributed by atoms with E-state index in [0.29, 0.717) is 25.1 Å². The summed E-state index contributed by atoms with van der Waals surface area (Å²) in [6.07, 6.45) is 1.15. The maximum absolute atomic E-state index is 13.0. The molecule has 2 amide bonds. The number of benzene rings is 1. The van der Waals surface area contributed by atoms with Crippen molar-refractivity contribution in [3.63, 3.8) is 0 Å². The van der Waals surface area contributed by atoms with Crippen LogP contribution < -0.4 is 0 Å². The zero-order valence-electron chi connectivity index (χ0n) is 15.2. The number of halogens is 1. The number of amides is 2. The molecular weight excluding hydrogens is 321 g/mol. The number of hydrogen-bond acceptors (Lipinski definition) is 3. The van der Waals surface area contributed by atoms with E-state index < -0.39 is 0 Å². The lowest BCUT2D eigenvalue weighted by molar-refractivity contribution is -0.133. The van der Waals surface area contributed by atoms with Gasteiger partial charge in [-0.05, 0) is 37.2 Å². The maximum Gasteiger partial charge on any atom is 0.253 e. The fourth-order valence-electron chi connectivity index (χ4n) is 3.06. The molecule has 25 heavy (non-hydrogen) atoms. The van der Waals surface area contributed by atoms with E-state index in [1.54, 1.807) is 4.90 Å². The Labute approximate surface area is 149 Å². The molecule has 5 nitrogen and oxygen atoms in total. The van der Waals surface area contributed by atoms with Crippen LogP contribution in [0.5, 0.6) is 0 Å². The molecule has 0 unspecified atom stereocenters. The molecular formula is C19H28FN3O2. The zero-order valence-corrected chi connectivity index (χ0v) is 15.2. The van der Waals surface area contributed by atoms with Gasteiger partial charge < -0.3 is 14.7 Å². The molecule has 0 spiro atoms. The lowest BCUT2D eigenvalue weighted by atomic mass is 10.1. The van der Waals surface area contributed by atoms with Crippen molar-refractivity contribution < 1.29 is 14.0 Å². The average molecular weight is 349 g/mol.